The molecule has 1 heteroatoms. The highest BCUT2D eigenvalue weighted by atomic mass is 32.2. The minimum absolute atomic E-state index is 1.14. The molecule has 0 amide bonds. The fourth-order valence-corrected chi connectivity index (χ4v) is 1.38. The Morgan fingerprint density at radius 3 is 2.75 bits per heavy atom. The van der Waals surface area contributed by atoms with Gasteiger partial charge >= 0.3 is 0 Å². The molecule has 0 radical (unpaired) electrons. The first-order valence-electron chi connectivity index (χ1n) is 3.42. The van der Waals surface area contributed by atoms with Crippen LogP contribution in [-0.4, -0.2) is 12.0 Å². The van der Waals surface area contributed by atoms with E-state index >= 15 is 0 Å². The van der Waals surface area contributed by atoms with Gasteiger partial charge in [0.05, 0.1) is 0 Å². The van der Waals surface area contributed by atoms with Gasteiger partial charge in [0.2, 0.25) is 0 Å². The number of hydrogen-bond donors (Lipinski definition) is 0. The second-order valence-corrected chi connectivity index (χ2v) is 3.56. The lowest BCUT2D eigenvalue weighted by atomic mass is 10.2. The van der Waals surface area contributed by atoms with Gasteiger partial charge in [0.15, 0.2) is 0 Å². The van der Waals surface area contributed by atoms with Gasteiger partial charge in [0.25, 0.3) is 0 Å². The Labute approximate surface area is 56.0 Å². The quantitative estimate of drug-likeness (QED) is 0.527. The number of hydrogen-bond acceptors (Lipinski definition) is 1. The van der Waals surface area contributed by atoms with Crippen LogP contribution in [0.2, 0.25) is 0 Å². The third-order valence-corrected chi connectivity index (χ3v) is 2.35. The van der Waals surface area contributed by atoms with Crippen molar-refractivity contribution >= 4 is 11.8 Å². The SMILES string of the molecule is CSCCCC1CC1. The van der Waals surface area contributed by atoms with Crippen molar-refractivity contribution in [2.75, 3.05) is 12.0 Å². The van der Waals surface area contributed by atoms with E-state index in [1.54, 1.807) is 0 Å². The molecule has 0 aromatic rings. The summed E-state index contributed by atoms with van der Waals surface area (Å²) in [5.74, 6) is 2.51. The second-order valence-electron chi connectivity index (χ2n) is 2.58. The van der Waals surface area contributed by atoms with E-state index in [-0.39, 0.29) is 0 Å². The van der Waals surface area contributed by atoms with Gasteiger partial charge in [-0.1, -0.05) is 12.8 Å². The summed E-state index contributed by atoms with van der Waals surface area (Å²) in [7, 11) is 0. The Balaban J connectivity index is 1.74. The van der Waals surface area contributed by atoms with E-state index in [0.717, 1.165) is 5.92 Å². The predicted molar refractivity (Wildman–Crippen MR) is 40.3 cm³/mol. The average molecular weight is 130 g/mol. The third kappa shape index (κ3) is 2.61. The number of rotatable bonds is 4. The van der Waals surface area contributed by atoms with Crippen LogP contribution in [0.15, 0.2) is 0 Å². The summed E-state index contributed by atoms with van der Waals surface area (Å²) in [4.78, 5) is 0. The zero-order valence-corrected chi connectivity index (χ0v) is 6.34. The van der Waals surface area contributed by atoms with Crippen LogP contribution >= 0.6 is 11.8 Å². The molecule has 0 aromatic heterocycles. The molecule has 0 nitrogen and oxygen atoms in total. The summed E-state index contributed by atoms with van der Waals surface area (Å²) in [6.45, 7) is 0. The maximum absolute atomic E-state index is 2.19. The molecule has 0 unspecified atom stereocenters. The van der Waals surface area contributed by atoms with Gasteiger partial charge in [-0.3, -0.25) is 0 Å². The summed E-state index contributed by atoms with van der Waals surface area (Å²) in [6.07, 6.45) is 8.18. The van der Waals surface area contributed by atoms with Crippen molar-refractivity contribution < 1.29 is 0 Å². The van der Waals surface area contributed by atoms with Crippen LogP contribution in [0.4, 0.5) is 0 Å². The summed E-state index contributed by atoms with van der Waals surface area (Å²) >= 11 is 1.97. The van der Waals surface area contributed by atoms with E-state index in [1.807, 2.05) is 11.8 Å². The van der Waals surface area contributed by atoms with E-state index in [9.17, 15) is 0 Å². The van der Waals surface area contributed by atoms with Gasteiger partial charge in [0.1, 0.15) is 0 Å². The van der Waals surface area contributed by atoms with Crippen LogP contribution in [0.25, 0.3) is 0 Å². The lowest BCUT2D eigenvalue weighted by Gasteiger charge is -1.92. The second kappa shape index (κ2) is 3.39. The van der Waals surface area contributed by atoms with Gasteiger partial charge < -0.3 is 0 Å². The molecule has 1 fully saturated rings. The minimum atomic E-state index is 1.14. The molecule has 0 saturated heterocycles. The van der Waals surface area contributed by atoms with Crippen LogP contribution in [-0.2, 0) is 0 Å². The molecule has 0 spiro atoms. The fraction of sp³-hybridized carbons (Fsp3) is 1.00. The zero-order chi connectivity index (χ0) is 5.82. The maximum Gasteiger partial charge on any atom is -0.00702 e. The Morgan fingerprint density at radius 1 is 1.50 bits per heavy atom. The third-order valence-electron chi connectivity index (χ3n) is 1.66. The first kappa shape index (κ1) is 6.47. The van der Waals surface area contributed by atoms with Crippen LogP contribution < -0.4 is 0 Å². The highest BCUT2D eigenvalue weighted by Gasteiger charge is 2.19. The normalized spacial score (nSPS) is 19.1. The van der Waals surface area contributed by atoms with E-state index in [2.05, 4.69) is 6.26 Å². The predicted octanol–water partition coefficient (Wildman–Crippen LogP) is 2.54. The van der Waals surface area contributed by atoms with Gasteiger partial charge in [-0.25, -0.2) is 0 Å². The molecule has 1 aliphatic carbocycles. The van der Waals surface area contributed by atoms with Gasteiger partial charge in [0, 0.05) is 0 Å². The summed E-state index contributed by atoms with van der Waals surface area (Å²) in [6, 6.07) is 0. The van der Waals surface area contributed by atoms with Crippen molar-refractivity contribution in [1.29, 1.82) is 0 Å². The maximum atomic E-state index is 2.19. The monoisotopic (exact) mass is 130 g/mol. The van der Waals surface area contributed by atoms with Crippen molar-refractivity contribution in [2.24, 2.45) is 5.92 Å². The molecule has 0 bridgehead atoms. The molecule has 1 aliphatic rings. The molecule has 48 valence electrons. The lowest BCUT2D eigenvalue weighted by molar-refractivity contribution is 0.713. The Kier molecular flexibility index (Phi) is 2.74. The molecule has 1 rings (SSSR count). The Hall–Kier alpha value is 0.350. The van der Waals surface area contributed by atoms with Crippen LogP contribution in [0.5, 0.6) is 0 Å². The molecular weight excluding hydrogens is 116 g/mol. The molecule has 0 atom stereocenters. The molecule has 0 aromatic carbocycles. The summed E-state index contributed by atoms with van der Waals surface area (Å²) in [5, 5.41) is 0. The Morgan fingerprint density at radius 2 is 2.25 bits per heavy atom. The van der Waals surface area contributed by atoms with Crippen LogP contribution in [0, 0.1) is 5.92 Å². The van der Waals surface area contributed by atoms with Crippen molar-refractivity contribution in [3.63, 3.8) is 0 Å². The van der Waals surface area contributed by atoms with E-state index in [4.69, 9.17) is 0 Å². The fourth-order valence-electron chi connectivity index (χ4n) is 0.923. The van der Waals surface area contributed by atoms with E-state index < -0.39 is 0 Å². The van der Waals surface area contributed by atoms with Gasteiger partial charge in [-0.2, -0.15) is 11.8 Å². The minimum Gasteiger partial charge on any atom is -0.165 e. The van der Waals surface area contributed by atoms with Crippen molar-refractivity contribution in [2.45, 2.75) is 25.7 Å². The van der Waals surface area contributed by atoms with Crippen molar-refractivity contribution in [3.05, 3.63) is 0 Å². The molecule has 0 heterocycles. The van der Waals surface area contributed by atoms with E-state index in [1.165, 1.54) is 31.4 Å². The zero-order valence-electron chi connectivity index (χ0n) is 5.52. The van der Waals surface area contributed by atoms with E-state index in [0.29, 0.717) is 0 Å². The smallest absolute Gasteiger partial charge is 0.00702 e. The molecule has 8 heavy (non-hydrogen) atoms. The topological polar surface area (TPSA) is 0 Å². The van der Waals surface area contributed by atoms with Crippen molar-refractivity contribution in [1.82, 2.24) is 0 Å². The van der Waals surface area contributed by atoms with Gasteiger partial charge in [-0.05, 0) is 30.8 Å². The summed E-state index contributed by atoms with van der Waals surface area (Å²) in [5.41, 5.74) is 0. The first-order chi connectivity index (χ1) is 3.93. The molecule has 0 N–H and O–H groups in total. The molecular formula is C7H14S. The van der Waals surface area contributed by atoms with Crippen molar-refractivity contribution in [3.8, 4) is 0 Å². The van der Waals surface area contributed by atoms with Gasteiger partial charge in [-0.15, -0.1) is 0 Å². The lowest BCUT2D eigenvalue weighted by Crippen LogP contribution is -1.79. The average Bonchev–Trinajstić information content (AvgIpc) is 2.51. The van der Waals surface area contributed by atoms with Crippen LogP contribution in [0.1, 0.15) is 25.7 Å². The largest absolute Gasteiger partial charge is 0.165 e. The molecule has 0 aliphatic heterocycles. The highest BCUT2D eigenvalue weighted by Crippen LogP contribution is 2.33. The highest BCUT2D eigenvalue weighted by molar-refractivity contribution is 7.98. The molecule has 1 saturated carbocycles. The van der Waals surface area contributed by atoms with Crippen LogP contribution in [0.3, 0.4) is 0 Å². The number of thioether (sulfide) groups is 1. The standard InChI is InChI=1S/C7H14S/c1-8-6-2-3-7-4-5-7/h7H,2-6H2,1H3. The summed E-state index contributed by atoms with van der Waals surface area (Å²) < 4.78 is 0. The Bertz CT molecular complexity index is 57.4. The first-order valence-corrected chi connectivity index (χ1v) is 4.82.